The number of halogens is 1. The van der Waals surface area contributed by atoms with E-state index in [1.807, 2.05) is 12.1 Å². The van der Waals surface area contributed by atoms with E-state index in [0.717, 1.165) is 10.9 Å². The number of hydrogen-bond donors (Lipinski definition) is 1. The van der Waals surface area contributed by atoms with E-state index in [-0.39, 0.29) is 0 Å². The molecule has 2 aromatic carbocycles. The fourth-order valence-corrected chi connectivity index (χ4v) is 4.79. The van der Waals surface area contributed by atoms with Gasteiger partial charge in [0.2, 0.25) is 0 Å². The van der Waals surface area contributed by atoms with Gasteiger partial charge in [0.25, 0.3) is 0 Å². The SMILES string of the molecule is Oc1ccc2c(c1)CCC1(CCC(c3ccc(Br)cc3)C1)C2. The molecule has 2 aliphatic rings. The Morgan fingerprint density at radius 1 is 1.00 bits per heavy atom. The molecule has 0 heterocycles. The Labute approximate surface area is 140 Å². The van der Waals surface area contributed by atoms with Crippen LogP contribution in [-0.4, -0.2) is 5.11 Å². The number of fused-ring (bicyclic) bond motifs is 1. The van der Waals surface area contributed by atoms with E-state index in [0.29, 0.717) is 17.1 Å². The number of hydrogen-bond acceptors (Lipinski definition) is 1. The van der Waals surface area contributed by atoms with E-state index >= 15 is 0 Å². The van der Waals surface area contributed by atoms with Crippen LogP contribution in [0.4, 0.5) is 0 Å². The summed E-state index contributed by atoms with van der Waals surface area (Å²) in [6, 6.07) is 14.8. The molecule has 2 unspecified atom stereocenters. The first kappa shape index (κ1) is 14.3. The van der Waals surface area contributed by atoms with Crippen molar-refractivity contribution in [3.8, 4) is 5.75 Å². The zero-order valence-electron chi connectivity index (χ0n) is 12.7. The molecule has 1 nitrogen and oxygen atoms in total. The topological polar surface area (TPSA) is 20.2 Å². The molecule has 0 saturated heterocycles. The molecular weight excluding hydrogens is 336 g/mol. The van der Waals surface area contributed by atoms with Gasteiger partial charge in [0.1, 0.15) is 5.75 Å². The van der Waals surface area contributed by atoms with Crippen molar-refractivity contribution in [2.75, 3.05) is 0 Å². The van der Waals surface area contributed by atoms with Gasteiger partial charge in [0, 0.05) is 4.47 Å². The summed E-state index contributed by atoms with van der Waals surface area (Å²) in [4.78, 5) is 0. The first-order chi connectivity index (χ1) is 10.6. The highest BCUT2D eigenvalue weighted by Gasteiger charge is 2.41. The molecule has 4 rings (SSSR count). The Kier molecular flexibility index (Phi) is 3.53. The van der Waals surface area contributed by atoms with Crippen molar-refractivity contribution in [3.05, 3.63) is 63.6 Å². The van der Waals surface area contributed by atoms with Crippen molar-refractivity contribution in [3.63, 3.8) is 0 Å². The van der Waals surface area contributed by atoms with Gasteiger partial charge in [-0.05, 0) is 90.8 Å². The number of rotatable bonds is 1. The van der Waals surface area contributed by atoms with Crippen LogP contribution in [0.15, 0.2) is 46.9 Å². The van der Waals surface area contributed by atoms with Gasteiger partial charge in [-0.15, -0.1) is 0 Å². The summed E-state index contributed by atoms with van der Waals surface area (Å²) in [6.45, 7) is 0. The Hall–Kier alpha value is -1.28. The van der Waals surface area contributed by atoms with Crippen LogP contribution in [-0.2, 0) is 12.8 Å². The summed E-state index contributed by atoms with van der Waals surface area (Å²) in [5.41, 5.74) is 4.80. The summed E-state index contributed by atoms with van der Waals surface area (Å²) in [7, 11) is 0. The van der Waals surface area contributed by atoms with Crippen LogP contribution in [0, 0.1) is 5.41 Å². The first-order valence-electron chi connectivity index (χ1n) is 8.20. The zero-order valence-corrected chi connectivity index (χ0v) is 14.3. The van der Waals surface area contributed by atoms with Gasteiger partial charge >= 0.3 is 0 Å². The van der Waals surface area contributed by atoms with E-state index in [1.165, 1.54) is 48.8 Å². The molecule has 22 heavy (non-hydrogen) atoms. The average Bonchev–Trinajstić information content (AvgIpc) is 2.92. The zero-order chi connectivity index (χ0) is 15.2. The minimum atomic E-state index is 0.411. The quantitative estimate of drug-likeness (QED) is 0.705. The lowest BCUT2D eigenvalue weighted by Crippen LogP contribution is -2.26. The minimum Gasteiger partial charge on any atom is -0.508 e. The standard InChI is InChI=1S/C20H21BrO/c21-18-4-1-14(2-5-18)17-8-10-20(13-17)9-7-15-11-19(22)6-3-16(15)12-20/h1-6,11,17,22H,7-10,12-13H2. The number of aromatic hydroxyl groups is 1. The lowest BCUT2D eigenvalue weighted by atomic mass is 9.70. The maximum Gasteiger partial charge on any atom is 0.115 e. The molecule has 0 aromatic heterocycles. The maximum atomic E-state index is 9.65. The van der Waals surface area contributed by atoms with Crippen LogP contribution in [0.5, 0.6) is 5.75 Å². The second-order valence-electron chi connectivity index (χ2n) is 7.12. The van der Waals surface area contributed by atoms with Crippen LogP contribution in [0.25, 0.3) is 0 Å². The molecule has 1 spiro atoms. The lowest BCUT2D eigenvalue weighted by Gasteiger charge is -2.35. The third-order valence-corrected chi connectivity index (χ3v) is 6.25. The van der Waals surface area contributed by atoms with Crippen molar-refractivity contribution in [1.29, 1.82) is 0 Å². The average molecular weight is 357 g/mol. The van der Waals surface area contributed by atoms with Crippen LogP contribution >= 0.6 is 15.9 Å². The molecule has 0 bridgehead atoms. The number of phenols is 1. The maximum absolute atomic E-state index is 9.65. The molecule has 0 aliphatic heterocycles. The van der Waals surface area contributed by atoms with Crippen LogP contribution in [0.1, 0.15) is 48.3 Å². The highest BCUT2D eigenvalue weighted by Crippen LogP contribution is 2.53. The van der Waals surface area contributed by atoms with Crippen molar-refractivity contribution < 1.29 is 5.11 Å². The first-order valence-corrected chi connectivity index (χ1v) is 8.99. The molecule has 2 aliphatic carbocycles. The molecule has 2 aromatic rings. The Morgan fingerprint density at radius 3 is 2.64 bits per heavy atom. The van der Waals surface area contributed by atoms with E-state index in [1.54, 1.807) is 0 Å². The monoisotopic (exact) mass is 356 g/mol. The van der Waals surface area contributed by atoms with Gasteiger partial charge in [0.05, 0.1) is 0 Å². The third-order valence-electron chi connectivity index (χ3n) is 5.72. The number of benzene rings is 2. The summed E-state index contributed by atoms with van der Waals surface area (Å²) in [5, 5.41) is 9.65. The van der Waals surface area contributed by atoms with Crippen molar-refractivity contribution >= 4 is 15.9 Å². The molecule has 0 radical (unpaired) electrons. The minimum absolute atomic E-state index is 0.411. The second kappa shape index (κ2) is 5.42. The van der Waals surface area contributed by atoms with Crippen LogP contribution < -0.4 is 0 Å². The molecule has 1 N–H and O–H groups in total. The predicted octanol–water partition coefficient (Wildman–Crippen LogP) is 5.60. The van der Waals surface area contributed by atoms with E-state index in [2.05, 4.69) is 46.3 Å². The Bertz CT molecular complexity index is 691. The molecule has 114 valence electrons. The van der Waals surface area contributed by atoms with Crippen molar-refractivity contribution in [2.24, 2.45) is 5.41 Å². The second-order valence-corrected chi connectivity index (χ2v) is 8.04. The van der Waals surface area contributed by atoms with E-state index in [4.69, 9.17) is 0 Å². The summed E-state index contributed by atoms with van der Waals surface area (Å²) in [5.74, 6) is 1.13. The highest BCUT2D eigenvalue weighted by molar-refractivity contribution is 9.10. The summed E-state index contributed by atoms with van der Waals surface area (Å²) in [6.07, 6.45) is 7.56. The summed E-state index contributed by atoms with van der Waals surface area (Å²) >= 11 is 3.53. The predicted molar refractivity (Wildman–Crippen MR) is 93.3 cm³/mol. The smallest absolute Gasteiger partial charge is 0.115 e. The van der Waals surface area contributed by atoms with Crippen molar-refractivity contribution in [2.45, 2.75) is 44.4 Å². The van der Waals surface area contributed by atoms with Crippen molar-refractivity contribution in [1.82, 2.24) is 0 Å². The fraction of sp³-hybridized carbons (Fsp3) is 0.400. The van der Waals surface area contributed by atoms with Gasteiger partial charge in [-0.3, -0.25) is 0 Å². The molecule has 2 heteroatoms. The van der Waals surface area contributed by atoms with Gasteiger partial charge < -0.3 is 5.11 Å². The highest BCUT2D eigenvalue weighted by atomic mass is 79.9. The summed E-state index contributed by atoms with van der Waals surface area (Å²) < 4.78 is 1.16. The number of aryl methyl sites for hydroxylation is 1. The molecule has 1 saturated carbocycles. The van der Waals surface area contributed by atoms with Gasteiger partial charge in [-0.25, -0.2) is 0 Å². The van der Waals surface area contributed by atoms with E-state index in [9.17, 15) is 5.11 Å². The molecular formula is C20H21BrO. The van der Waals surface area contributed by atoms with Crippen LogP contribution in [0.2, 0.25) is 0 Å². The fourth-order valence-electron chi connectivity index (χ4n) is 4.52. The largest absolute Gasteiger partial charge is 0.508 e. The Balaban J connectivity index is 1.55. The molecule has 1 fully saturated rings. The van der Waals surface area contributed by atoms with Gasteiger partial charge in [-0.2, -0.15) is 0 Å². The molecule has 0 amide bonds. The normalized spacial score (nSPS) is 27.0. The lowest BCUT2D eigenvalue weighted by molar-refractivity contribution is 0.251. The van der Waals surface area contributed by atoms with Crippen LogP contribution in [0.3, 0.4) is 0 Å². The molecule has 2 atom stereocenters. The Morgan fingerprint density at radius 2 is 1.82 bits per heavy atom. The van der Waals surface area contributed by atoms with Gasteiger partial charge in [0.15, 0.2) is 0 Å². The van der Waals surface area contributed by atoms with E-state index < -0.39 is 0 Å². The number of phenolic OH excluding ortho intramolecular Hbond substituents is 1. The third kappa shape index (κ3) is 2.58. The van der Waals surface area contributed by atoms with Gasteiger partial charge in [-0.1, -0.05) is 34.1 Å².